The SMILES string of the molecule is C/C(=C\COCc1ccccc1)CC/C=C(\CC(/C=C(\C)CC[C@@H]1OC1(C)C)S(=O)(=O)c1ccc(C)cc1)C[Si](C)(C)C. The quantitative estimate of drug-likeness (QED) is 0.0763. The third-order valence-corrected chi connectivity index (χ3v) is 11.6. The van der Waals surface area contributed by atoms with Crippen LogP contribution < -0.4 is 0 Å². The first-order valence-electron chi connectivity index (χ1n) is 15.8. The molecule has 1 saturated heterocycles. The van der Waals surface area contributed by atoms with Crippen LogP contribution in [0.4, 0.5) is 0 Å². The summed E-state index contributed by atoms with van der Waals surface area (Å²) in [7, 11) is -5.03. The van der Waals surface area contributed by atoms with Crippen molar-refractivity contribution in [3.05, 3.63) is 101 Å². The number of allylic oxidation sites excluding steroid dienone is 4. The largest absolute Gasteiger partial charge is 0.373 e. The summed E-state index contributed by atoms with van der Waals surface area (Å²) in [6.45, 7) is 18.7. The molecule has 2 aromatic rings. The van der Waals surface area contributed by atoms with Crippen molar-refractivity contribution in [3.8, 4) is 0 Å². The van der Waals surface area contributed by atoms with Gasteiger partial charge in [-0.1, -0.05) is 103 Å². The van der Waals surface area contributed by atoms with E-state index in [1.165, 1.54) is 16.7 Å². The minimum absolute atomic E-state index is 0.0541. The van der Waals surface area contributed by atoms with Crippen LogP contribution in [0.25, 0.3) is 0 Å². The van der Waals surface area contributed by atoms with Crippen molar-refractivity contribution < 1.29 is 17.9 Å². The van der Waals surface area contributed by atoms with E-state index >= 15 is 0 Å². The summed E-state index contributed by atoms with van der Waals surface area (Å²) in [5.41, 5.74) is 5.86. The number of benzene rings is 2. The monoisotopic (exact) mass is 622 g/mol. The van der Waals surface area contributed by atoms with E-state index in [2.05, 4.69) is 71.6 Å². The molecule has 2 aromatic carbocycles. The Morgan fingerprint density at radius 1 is 0.977 bits per heavy atom. The second kappa shape index (κ2) is 15.7. The molecule has 1 fully saturated rings. The highest BCUT2D eigenvalue weighted by Gasteiger charge is 2.46. The maximum atomic E-state index is 14.1. The minimum atomic E-state index is -3.55. The maximum absolute atomic E-state index is 14.1. The van der Waals surface area contributed by atoms with E-state index in [0.29, 0.717) is 24.5 Å². The van der Waals surface area contributed by atoms with Crippen molar-refractivity contribution in [1.29, 1.82) is 0 Å². The van der Waals surface area contributed by atoms with Crippen molar-refractivity contribution in [1.82, 2.24) is 0 Å². The third kappa shape index (κ3) is 12.3. The molecule has 1 heterocycles. The van der Waals surface area contributed by atoms with E-state index in [-0.39, 0.29) is 11.7 Å². The number of epoxide rings is 1. The average molecular weight is 623 g/mol. The molecule has 0 aromatic heterocycles. The van der Waals surface area contributed by atoms with Crippen LogP contribution in [0.5, 0.6) is 0 Å². The topological polar surface area (TPSA) is 55.9 Å². The molecule has 0 saturated carbocycles. The van der Waals surface area contributed by atoms with Gasteiger partial charge in [0, 0.05) is 8.07 Å². The number of ether oxygens (including phenoxy) is 2. The predicted octanol–water partition coefficient (Wildman–Crippen LogP) is 9.64. The highest BCUT2D eigenvalue weighted by molar-refractivity contribution is 7.92. The molecule has 1 aliphatic heterocycles. The summed E-state index contributed by atoms with van der Waals surface area (Å²) >= 11 is 0. The molecule has 4 nitrogen and oxygen atoms in total. The van der Waals surface area contributed by atoms with Crippen LogP contribution in [-0.4, -0.2) is 40.1 Å². The predicted molar refractivity (Wildman–Crippen MR) is 184 cm³/mol. The third-order valence-electron chi connectivity index (χ3n) is 8.04. The first kappa shape index (κ1) is 35.2. The van der Waals surface area contributed by atoms with Gasteiger partial charge in [0.15, 0.2) is 9.84 Å². The zero-order valence-corrected chi connectivity index (χ0v) is 29.6. The molecule has 236 valence electrons. The molecule has 0 amide bonds. The summed E-state index contributed by atoms with van der Waals surface area (Å²) in [5, 5.41) is -0.589. The van der Waals surface area contributed by atoms with Crippen molar-refractivity contribution >= 4 is 17.9 Å². The van der Waals surface area contributed by atoms with Gasteiger partial charge in [-0.2, -0.15) is 0 Å². The van der Waals surface area contributed by atoms with Gasteiger partial charge in [0.1, 0.15) is 0 Å². The average Bonchev–Trinajstić information content (AvgIpc) is 3.55. The van der Waals surface area contributed by atoms with Crippen LogP contribution in [0.1, 0.15) is 70.9 Å². The van der Waals surface area contributed by atoms with E-state index in [1.54, 1.807) is 12.1 Å². The molecule has 0 aliphatic carbocycles. The molecule has 1 unspecified atom stereocenters. The first-order valence-corrected chi connectivity index (χ1v) is 21.0. The van der Waals surface area contributed by atoms with Gasteiger partial charge in [0.2, 0.25) is 0 Å². The highest BCUT2D eigenvalue weighted by atomic mass is 32.2. The Kier molecular flexibility index (Phi) is 12.8. The molecule has 43 heavy (non-hydrogen) atoms. The number of hydrogen-bond donors (Lipinski definition) is 0. The fraction of sp³-hybridized carbons (Fsp3) is 0.514. The number of hydrogen-bond acceptors (Lipinski definition) is 4. The lowest BCUT2D eigenvalue weighted by molar-refractivity contribution is 0.148. The number of sulfone groups is 1. The minimum Gasteiger partial charge on any atom is -0.373 e. The van der Waals surface area contributed by atoms with Crippen LogP contribution in [-0.2, 0) is 25.9 Å². The van der Waals surface area contributed by atoms with E-state index in [4.69, 9.17) is 9.47 Å². The normalized spacial score (nSPS) is 18.5. The van der Waals surface area contributed by atoms with Crippen molar-refractivity contribution in [2.45, 2.75) is 121 Å². The molecule has 0 bridgehead atoms. The Morgan fingerprint density at radius 2 is 1.63 bits per heavy atom. The Morgan fingerprint density at radius 3 is 2.23 bits per heavy atom. The summed E-state index contributed by atoms with van der Waals surface area (Å²) in [4.78, 5) is 0.403. The van der Waals surface area contributed by atoms with Crippen LogP contribution in [0, 0.1) is 6.92 Å². The second-order valence-corrected chi connectivity index (χ2v) is 21.7. The molecule has 2 atom stereocenters. The first-order chi connectivity index (χ1) is 20.2. The lowest BCUT2D eigenvalue weighted by Gasteiger charge is -2.23. The van der Waals surface area contributed by atoms with E-state index in [1.807, 2.05) is 43.3 Å². The number of aryl methyl sites for hydroxylation is 1. The molecule has 6 heteroatoms. The Balaban J connectivity index is 1.74. The van der Waals surface area contributed by atoms with Crippen molar-refractivity contribution in [2.24, 2.45) is 0 Å². The van der Waals surface area contributed by atoms with Gasteiger partial charge < -0.3 is 9.47 Å². The summed E-state index contributed by atoms with van der Waals surface area (Å²) < 4.78 is 39.7. The molecule has 0 radical (unpaired) electrons. The fourth-order valence-electron chi connectivity index (χ4n) is 5.39. The maximum Gasteiger partial charge on any atom is 0.185 e. The molecule has 0 spiro atoms. The molecule has 3 rings (SSSR count). The van der Waals surface area contributed by atoms with Crippen molar-refractivity contribution in [3.63, 3.8) is 0 Å². The lowest BCUT2D eigenvalue weighted by atomic mass is 10.0. The van der Waals surface area contributed by atoms with Gasteiger partial charge in [-0.15, -0.1) is 0 Å². The molecule has 0 N–H and O–H groups in total. The summed E-state index contributed by atoms with van der Waals surface area (Å²) in [6.07, 6.45) is 10.9. The Hall–Kier alpha value is -2.25. The van der Waals surface area contributed by atoms with Gasteiger partial charge in [0.25, 0.3) is 0 Å². The lowest BCUT2D eigenvalue weighted by Crippen LogP contribution is -2.25. The van der Waals surface area contributed by atoms with Crippen LogP contribution >= 0.6 is 0 Å². The van der Waals surface area contributed by atoms with Gasteiger partial charge in [-0.3, -0.25) is 0 Å². The van der Waals surface area contributed by atoms with Gasteiger partial charge in [-0.05, 0) is 90.5 Å². The summed E-state index contributed by atoms with van der Waals surface area (Å²) in [5.74, 6) is 0. The van der Waals surface area contributed by atoms with Crippen LogP contribution in [0.2, 0.25) is 25.7 Å². The van der Waals surface area contributed by atoms with E-state index in [9.17, 15) is 8.42 Å². The van der Waals surface area contributed by atoms with Crippen LogP contribution in [0.3, 0.4) is 0 Å². The standard InChI is InChI=1S/C37H54O4SSi/c1-29(23-24-40-27-32-14-10-9-11-15-32)13-12-16-33(28-43(6,7)8)26-35(25-31(3)19-22-36-37(4,5)41-36)42(38,39)34-20-17-30(2)18-21-34/h9-11,14-18,20-21,23,25,35-36H,12-13,19,22,24,26-28H2,1-8H3/b29-23+,31-25+,33-16+/t35?,36-/m0/s1. The fourth-order valence-corrected chi connectivity index (χ4v) is 8.75. The molecular formula is C37H54O4SSi. The highest BCUT2D eigenvalue weighted by Crippen LogP contribution is 2.39. The van der Waals surface area contributed by atoms with E-state index < -0.39 is 23.2 Å². The Bertz CT molecular complexity index is 1360. The van der Waals surface area contributed by atoms with Crippen molar-refractivity contribution in [2.75, 3.05) is 6.61 Å². The van der Waals surface area contributed by atoms with E-state index in [0.717, 1.165) is 42.9 Å². The smallest absolute Gasteiger partial charge is 0.185 e. The Labute approximate surface area is 263 Å². The van der Waals surface area contributed by atoms with Gasteiger partial charge in [0.05, 0.1) is 35.1 Å². The number of rotatable bonds is 17. The van der Waals surface area contributed by atoms with Gasteiger partial charge in [-0.25, -0.2) is 8.42 Å². The zero-order chi connectivity index (χ0) is 31.7. The molecule has 1 aliphatic rings. The zero-order valence-electron chi connectivity index (χ0n) is 27.8. The second-order valence-electron chi connectivity index (χ2n) is 14.1. The van der Waals surface area contributed by atoms with Crippen LogP contribution in [0.15, 0.2) is 94.4 Å². The summed E-state index contributed by atoms with van der Waals surface area (Å²) in [6, 6.07) is 18.5. The van der Waals surface area contributed by atoms with Gasteiger partial charge >= 0.3 is 0 Å². The molecular weight excluding hydrogens is 569 g/mol.